The lowest BCUT2D eigenvalue weighted by molar-refractivity contribution is 0.102. The molecule has 132 valence electrons. The minimum absolute atomic E-state index is 0.269. The highest BCUT2D eigenvalue weighted by Crippen LogP contribution is 2.23. The van der Waals surface area contributed by atoms with E-state index in [1.54, 1.807) is 18.2 Å². The molecule has 3 rings (SSSR count). The summed E-state index contributed by atoms with van der Waals surface area (Å²) in [5.74, 6) is 0.177. The van der Waals surface area contributed by atoms with Gasteiger partial charge in [-0.25, -0.2) is 9.97 Å². The van der Waals surface area contributed by atoms with E-state index >= 15 is 0 Å². The maximum atomic E-state index is 12.4. The van der Waals surface area contributed by atoms with Crippen LogP contribution in [-0.4, -0.2) is 15.9 Å². The SMILES string of the molecule is Cc1cc(Cl)ccc1NC(=O)c1cnc(Nc2c(C)cccc2C)nc1. The van der Waals surface area contributed by atoms with Gasteiger partial charge in [0.2, 0.25) is 5.95 Å². The molecule has 1 amide bonds. The molecule has 0 saturated heterocycles. The van der Waals surface area contributed by atoms with Crippen LogP contribution in [0.5, 0.6) is 0 Å². The van der Waals surface area contributed by atoms with Crippen LogP contribution in [-0.2, 0) is 0 Å². The Labute approximate surface area is 157 Å². The summed E-state index contributed by atoms with van der Waals surface area (Å²) in [5, 5.41) is 6.68. The molecule has 5 nitrogen and oxygen atoms in total. The molecule has 6 heteroatoms. The standard InChI is InChI=1S/C20H19ClN4O/c1-12-5-4-6-13(2)18(12)25-20-22-10-15(11-23-20)19(26)24-17-8-7-16(21)9-14(17)3/h4-11H,1-3H3,(H,24,26)(H,22,23,25). The summed E-state index contributed by atoms with van der Waals surface area (Å²) in [6.45, 7) is 5.92. The van der Waals surface area contributed by atoms with Crippen molar-refractivity contribution in [1.29, 1.82) is 0 Å². The first kappa shape index (κ1) is 17.9. The predicted molar refractivity (Wildman–Crippen MR) is 105 cm³/mol. The summed E-state index contributed by atoms with van der Waals surface area (Å²) in [5.41, 5.74) is 5.16. The normalized spacial score (nSPS) is 10.5. The van der Waals surface area contributed by atoms with Gasteiger partial charge in [-0.1, -0.05) is 29.8 Å². The van der Waals surface area contributed by atoms with Crippen LogP contribution in [0.1, 0.15) is 27.0 Å². The van der Waals surface area contributed by atoms with Crippen molar-refractivity contribution >= 4 is 34.8 Å². The number of carbonyl (C=O) groups is 1. The second kappa shape index (κ2) is 7.54. The molecule has 0 spiro atoms. The topological polar surface area (TPSA) is 66.9 Å². The van der Waals surface area contributed by atoms with E-state index in [-0.39, 0.29) is 5.91 Å². The highest BCUT2D eigenvalue weighted by atomic mass is 35.5. The number of amides is 1. The zero-order valence-corrected chi connectivity index (χ0v) is 15.6. The molecule has 2 aromatic carbocycles. The van der Waals surface area contributed by atoms with E-state index in [0.29, 0.717) is 22.2 Å². The summed E-state index contributed by atoms with van der Waals surface area (Å²) < 4.78 is 0. The zero-order chi connectivity index (χ0) is 18.7. The van der Waals surface area contributed by atoms with Crippen LogP contribution in [0.15, 0.2) is 48.8 Å². The first-order valence-electron chi connectivity index (χ1n) is 8.17. The lowest BCUT2D eigenvalue weighted by Crippen LogP contribution is -2.14. The quantitative estimate of drug-likeness (QED) is 0.678. The van der Waals surface area contributed by atoms with Crippen LogP contribution < -0.4 is 10.6 Å². The monoisotopic (exact) mass is 366 g/mol. The van der Waals surface area contributed by atoms with Crippen molar-refractivity contribution in [3.63, 3.8) is 0 Å². The zero-order valence-electron chi connectivity index (χ0n) is 14.8. The minimum atomic E-state index is -0.269. The van der Waals surface area contributed by atoms with Crippen LogP contribution in [0.2, 0.25) is 5.02 Å². The number of rotatable bonds is 4. The highest BCUT2D eigenvalue weighted by molar-refractivity contribution is 6.30. The van der Waals surface area contributed by atoms with Crippen molar-refractivity contribution in [2.75, 3.05) is 10.6 Å². The van der Waals surface area contributed by atoms with Gasteiger partial charge in [-0.15, -0.1) is 0 Å². The first-order valence-corrected chi connectivity index (χ1v) is 8.54. The second-order valence-electron chi connectivity index (χ2n) is 6.10. The van der Waals surface area contributed by atoms with Crippen LogP contribution in [0.4, 0.5) is 17.3 Å². The molecule has 0 aliphatic carbocycles. The average molecular weight is 367 g/mol. The average Bonchev–Trinajstić information content (AvgIpc) is 2.61. The fourth-order valence-electron chi connectivity index (χ4n) is 2.60. The van der Waals surface area contributed by atoms with Gasteiger partial charge in [0.05, 0.1) is 5.56 Å². The van der Waals surface area contributed by atoms with Crippen molar-refractivity contribution < 1.29 is 4.79 Å². The molecular formula is C20H19ClN4O. The summed E-state index contributed by atoms with van der Waals surface area (Å²) in [6, 6.07) is 11.3. The van der Waals surface area contributed by atoms with Crippen molar-refractivity contribution in [1.82, 2.24) is 9.97 Å². The van der Waals surface area contributed by atoms with Gasteiger partial charge in [0, 0.05) is 28.8 Å². The van der Waals surface area contributed by atoms with E-state index in [9.17, 15) is 4.79 Å². The third-order valence-electron chi connectivity index (χ3n) is 4.07. The molecule has 2 N–H and O–H groups in total. The minimum Gasteiger partial charge on any atom is -0.324 e. The third kappa shape index (κ3) is 4.00. The maximum absolute atomic E-state index is 12.4. The van der Waals surface area contributed by atoms with E-state index < -0.39 is 0 Å². The van der Waals surface area contributed by atoms with Crippen LogP contribution in [0, 0.1) is 20.8 Å². The van der Waals surface area contributed by atoms with Gasteiger partial charge in [-0.3, -0.25) is 4.79 Å². The van der Waals surface area contributed by atoms with Crippen molar-refractivity contribution in [3.8, 4) is 0 Å². The Bertz CT molecular complexity index is 934. The van der Waals surface area contributed by atoms with Gasteiger partial charge >= 0.3 is 0 Å². The van der Waals surface area contributed by atoms with Crippen LogP contribution in [0.25, 0.3) is 0 Å². The molecule has 0 fully saturated rings. The molecule has 3 aromatic rings. The smallest absolute Gasteiger partial charge is 0.258 e. The van der Waals surface area contributed by atoms with Gasteiger partial charge in [0.1, 0.15) is 0 Å². The fourth-order valence-corrected chi connectivity index (χ4v) is 2.82. The Morgan fingerprint density at radius 3 is 2.23 bits per heavy atom. The van der Waals surface area contributed by atoms with Crippen LogP contribution >= 0.6 is 11.6 Å². The number of benzene rings is 2. The number of carbonyl (C=O) groups excluding carboxylic acids is 1. The van der Waals surface area contributed by atoms with Gasteiger partial charge in [0.25, 0.3) is 5.91 Å². The van der Waals surface area contributed by atoms with Crippen molar-refractivity contribution in [2.24, 2.45) is 0 Å². The maximum Gasteiger partial charge on any atom is 0.258 e. The fraction of sp³-hybridized carbons (Fsp3) is 0.150. The molecule has 1 heterocycles. The van der Waals surface area contributed by atoms with Gasteiger partial charge < -0.3 is 10.6 Å². The molecule has 26 heavy (non-hydrogen) atoms. The summed E-state index contributed by atoms with van der Waals surface area (Å²) in [4.78, 5) is 20.9. The number of nitrogens with one attached hydrogen (secondary N) is 2. The Hall–Kier alpha value is -2.92. The Balaban J connectivity index is 1.74. The number of anilines is 3. The molecule has 0 saturated carbocycles. The van der Waals surface area contributed by atoms with E-state index in [4.69, 9.17) is 11.6 Å². The molecule has 0 radical (unpaired) electrons. The summed E-state index contributed by atoms with van der Waals surface area (Å²) in [6.07, 6.45) is 3.01. The van der Waals surface area contributed by atoms with Gasteiger partial charge in [-0.05, 0) is 55.7 Å². The second-order valence-corrected chi connectivity index (χ2v) is 6.54. The molecule has 0 atom stereocenters. The number of para-hydroxylation sites is 1. The third-order valence-corrected chi connectivity index (χ3v) is 4.30. The number of halogens is 1. The van der Waals surface area contributed by atoms with E-state index in [1.165, 1.54) is 12.4 Å². The summed E-state index contributed by atoms with van der Waals surface area (Å²) >= 11 is 5.94. The molecular weight excluding hydrogens is 348 g/mol. The Morgan fingerprint density at radius 2 is 1.62 bits per heavy atom. The highest BCUT2D eigenvalue weighted by Gasteiger charge is 2.10. The van der Waals surface area contributed by atoms with E-state index in [2.05, 4.69) is 20.6 Å². The van der Waals surface area contributed by atoms with Crippen LogP contribution in [0.3, 0.4) is 0 Å². The van der Waals surface area contributed by atoms with E-state index in [0.717, 1.165) is 22.4 Å². The predicted octanol–water partition coefficient (Wildman–Crippen LogP) is 5.05. The first-order chi connectivity index (χ1) is 12.4. The molecule has 0 unspecified atom stereocenters. The number of nitrogens with zero attached hydrogens (tertiary/aromatic N) is 2. The van der Waals surface area contributed by atoms with E-state index in [1.807, 2.05) is 39.0 Å². The van der Waals surface area contributed by atoms with Gasteiger partial charge in [-0.2, -0.15) is 0 Å². The molecule has 0 aliphatic heterocycles. The Morgan fingerprint density at radius 1 is 0.962 bits per heavy atom. The largest absolute Gasteiger partial charge is 0.324 e. The number of hydrogen-bond acceptors (Lipinski definition) is 4. The Kier molecular flexibility index (Phi) is 5.19. The summed E-state index contributed by atoms with van der Waals surface area (Å²) in [7, 11) is 0. The molecule has 0 aliphatic rings. The molecule has 1 aromatic heterocycles. The molecule has 0 bridgehead atoms. The number of aromatic nitrogens is 2. The number of aryl methyl sites for hydroxylation is 3. The van der Waals surface area contributed by atoms with Gasteiger partial charge in [0.15, 0.2) is 0 Å². The van der Waals surface area contributed by atoms with Crippen molar-refractivity contribution in [3.05, 3.63) is 76.1 Å². The van der Waals surface area contributed by atoms with Crippen molar-refractivity contribution in [2.45, 2.75) is 20.8 Å². The lowest BCUT2D eigenvalue weighted by Gasteiger charge is -2.11. The lowest BCUT2D eigenvalue weighted by atomic mass is 10.1. The number of hydrogen-bond donors (Lipinski definition) is 2.